The Kier molecular flexibility index (Phi) is 5.01. The molecule has 2 N–H and O–H groups in total. The molecule has 0 bridgehead atoms. The van der Waals surface area contributed by atoms with Crippen molar-refractivity contribution in [3.63, 3.8) is 0 Å². The van der Waals surface area contributed by atoms with E-state index in [9.17, 15) is 4.79 Å². The summed E-state index contributed by atoms with van der Waals surface area (Å²) in [6.45, 7) is 4.14. The van der Waals surface area contributed by atoms with E-state index in [2.05, 4.69) is 4.90 Å². The van der Waals surface area contributed by atoms with Crippen molar-refractivity contribution >= 4 is 5.91 Å². The highest BCUT2D eigenvalue weighted by atomic mass is 16.5. The molecule has 18 heavy (non-hydrogen) atoms. The van der Waals surface area contributed by atoms with Gasteiger partial charge in [0, 0.05) is 12.6 Å². The number of carbonyl (C=O) groups excluding carboxylic acids is 1. The van der Waals surface area contributed by atoms with Gasteiger partial charge in [-0.25, -0.2) is 0 Å². The molecular weight excluding hydrogens is 228 g/mol. The molecule has 2 rings (SSSR count). The molecule has 2 fully saturated rings. The normalized spacial score (nSPS) is 28.8. The molecule has 1 aliphatic heterocycles. The van der Waals surface area contributed by atoms with Crippen molar-refractivity contribution in [2.45, 2.75) is 57.6 Å². The zero-order valence-electron chi connectivity index (χ0n) is 11.4. The highest BCUT2D eigenvalue weighted by Crippen LogP contribution is 2.28. The summed E-state index contributed by atoms with van der Waals surface area (Å²) >= 11 is 0. The lowest BCUT2D eigenvalue weighted by Gasteiger charge is -2.31. The van der Waals surface area contributed by atoms with E-state index < -0.39 is 0 Å². The summed E-state index contributed by atoms with van der Waals surface area (Å²) in [6.07, 6.45) is 6.87. The number of hydrogen-bond donors (Lipinski definition) is 1. The van der Waals surface area contributed by atoms with Crippen molar-refractivity contribution in [2.75, 3.05) is 19.7 Å². The molecule has 0 spiro atoms. The van der Waals surface area contributed by atoms with Gasteiger partial charge in [0.2, 0.25) is 5.91 Å². The maximum atomic E-state index is 12.6. The molecule has 4 heteroatoms. The standard InChI is InChI=1S/C14H26N2O2/c1-11-9-12(10-18-11)14(17)16(8-4-7-15)13-5-2-3-6-13/h11-13H,2-10,15H2,1H3. The maximum absolute atomic E-state index is 12.6. The largest absolute Gasteiger partial charge is 0.378 e. The number of amides is 1. The number of rotatable bonds is 5. The second-order valence-electron chi connectivity index (χ2n) is 5.69. The van der Waals surface area contributed by atoms with Crippen LogP contribution in [0.25, 0.3) is 0 Å². The molecule has 104 valence electrons. The van der Waals surface area contributed by atoms with Crippen LogP contribution in [0.4, 0.5) is 0 Å². The summed E-state index contributed by atoms with van der Waals surface area (Å²) in [5.74, 6) is 0.387. The Bertz CT molecular complexity index is 277. The van der Waals surface area contributed by atoms with Crippen molar-refractivity contribution in [3.05, 3.63) is 0 Å². The Morgan fingerprint density at radius 3 is 2.67 bits per heavy atom. The fourth-order valence-electron chi connectivity index (χ4n) is 3.17. The van der Waals surface area contributed by atoms with Gasteiger partial charge in [-0.05, 0) is 39.2 Å². The molecule has 0 radical (unpaired) electrons. The van der Waals surface area contributed by atoms with E-state index in [4.69, 9.17) is 10.5 Å². The highest BCUT2D eigenvalue weighted by molar-refractivity contribution is 5.79. The molecule has 2 unspecified atom stereocenters. The van der Waals surface area contributed by atoms with Crippen LogP contribution in [0.1, 0.15) is 45.4 Å². The summed E-state index contributed by atoms with van der Waals surface area (Å²) < 4.78 is 5.53. The summed E-state index contributed by atoms with van der Waals surface area (Å²) in [4.78, 5) is 14.7. The lowest BCUT2D eigenvalue weighted by atomic mass is 10.0. The predicted molar refractivity (Wildman–Crippen MR) is 71.2 cm³/mol. The lowest BCUT2D eigenvalue weighted by Crippen LogP contribution is -2.43. The third-order valence-corrected chi connectivity index (χ3v) is 4.20. The minimum atomic E-state index is 0.0818. The molecular formula is C14H26N2O2. The zero-order valence-corrected chi connectivity index (χ0v) is 11.4. The van der Waals surface area contributed by atoms with Crippen LogP contribution in [0.5, 0.6) is 0 Å². The topological polar surface area (TPSA) is 55.6 Å². The number of hydrogen-bond acceptors (Lipinski definition) is 3. The van der Waals surface area contributed by atoms with Gasteiger partial charge < -0.3 is 15.4 Å². The van der Waals surface area contributed by atoms with E-state index in [-0.39, 0.29) is 12.0 Å². The third-order valence-electron chi connectivity index (χ3n) is 4.20. The number of nitrogens with zero attached hydrogens (tertiary/aromatic N) is 1. The van der Waals surface area contributed by atoms with Gasteiger partial charge in [-0.15, -0.1) is 0 Å². The van der Waals surface area contributed by atoms with Crippen LogP contribution < -0.4 is 5.73 Å². The molecule has 0 aromatic carbocycles. The Morgan fingerprint density at radius 2 is 2.11 bits per heavy atom. The van der Waals surface area contributed by atoms with Crippen molar-refractivity contribution in [3.8, 4) is 0 Å². The van der Waals surface area contributed by atoms with Gasteiger partial charge in [0.05, 0.1) is 18.6 Å². The maximum Gasteiger partial charge on any atom is 0.228 e. The van der Waals surface area contributed by atoms with E-state index in [1.54, 1.807) is 0 Å². The minimum absolute atomic E-state index is 0.0818. The van der Waals surface area contributed by atoms with Crippen LogP contribution in [-0.4, -0.2) is 42.6 Å². The van der Waals surface area contributed by atoms with E-state index in [1.165, 1.54) is 25.7 Å². The van der Waals surface area contributed by atoms with Crippen LogP contribution in [0.2, 0.25) is 0 Å². The van der Waals surface area contributed by atoms with Crippen molar-refractivity contribution < 1.29 is 9.53 Å². The molecule has 2 aliphatic rings. The molecule has 1 saturated carbocycles. The Hall–Kier alpha value is -0.610. The number of nitrogens with two attached hydrogens (primary N) is 1. The molecule has 1 amide bonds. The van der Waals surface area contributed by atoms with Crippen molar-refractivity contribution in [1.82, 2.24) is 4.90 Å². The monoisotopic (exact) mass is 254 g/mol. The number of ether oxygens (including phenoxy) is 1. The summed E-state index contributed by atoms with van der Waals surface area (Å²) in [6, 6.07) is 0.458. The highest BCUT2D eigenvalue weighted by Gasteiger charge is 2.34. The first kappa shape index (κ1) is 13.8. The van der Waals surface area contributed by atoms with Gasteiger partial charge in [-0.3, -0.25) is 4.79 Å². The van der Waals surface area contributed by atoms with E-state index in [0.29, 0.717) is 25.1 Å². The molecule has 4 nitrogen and oxygen atoms in total. The van der Waals surface area contributed by atoms with E-state index in [0.717, 1.165) is 19.4 Å². The first-order valence-corrected chi connectivity index (χ1v) is 7.34. The van der Waals surface area contributed by atoms with Crippen LogP contribution in [0.3, 0.4) is 0 Å². The Balaban J connectivity index is 1.95. The average Bonchev–Trinajstić information content (AvgIpc) is 3.00. The van der Waals surface area contributed by atoms with Crippen LogP contribution in [0, 0.1) is 5.92 Å². The summed E-state index contributed by atoms with van der Waals surface area (Å²) in [5.41, 5.74) is 5.59. The third kappa shape index (κ3) is 3.23. The average molecular weight is 254 g/mol. The molecule has 0 aromatic heterocycles. The van der Waals surface area contributed by atoms with Crippen molar-refractivity contribution in [2.24, 2.45) is 11.7 Å². The molecule has 1 heterocycles. The second kappa shape index (κ2) is 6.53. The van der Waals surface area contributed by atoms with Gasteiger partial charge in [0.15, 0.2) is 0 Å². The second-order valence-corrected chi connectivity index (χ2v) is 5.69. The molecule has 1 saturated heterocycles. The lowest BCUT2D eigenvalue weighted by molar-refractivity contribution is -0.137. The van der Waals surface area contributed by atoms with Crippen molar-refractivity contribution in [1.29, 1.82) is 0 Å². The van der Waals surface area contributed by atoms with Gasteiger partial charge in [-0.1, -0.05) is 12.8 Å². The SMILES string of the molecule is CC1CC(C(=O)N(CCCN)C2CCCC2)CO1. The van der Waals surface area contributed by atoms with Gasteiger partial charge in [0.25, 0.3) is 0 Å². The van der Waals surface area contributed by atoms with E-state index >= 15 is 0 Å². The fraction of sp³-hybridized carbons (Fsp3) is 0.929. The number of carbonyl (C=O) groups is 1. The van der Waals surface area contributed by atoms with Crippen LogP contribution in [0.15, 0.2) is 0 Å². The van der Waals surface area contributed by atoms with Crippen LogP contribution >= 0.6 is 0 Å². The molecule has 0 aromatic rings. The van der Waals surface area contributed by atoms with Gasteiger partial charge >= 0.3 is 0 Å². The van der Waals surface area contributed by atoms with E-state index in [1.807, 2.05) is 6.92 Å². The van der Waals surface area contributed by atoms with Gasteiger partial charge in [0.1, 0.15) is 0 Å². The fourth-order valence-corrected chi connectivity index (χ4v) is 3.17. The summed E-state index contributed by atoms with van der Waals surface area (Å²) in [7, 11) is 0. The first-order chi connectivity index (χ1) is 8.72. The zero-order chi connectivity index (χ0) is 13.0. The van der Waals surface area contributed by atoms with Crippen LogP contribution in [-0.2, 0) is 9.53 Å². The Labute approximate surface area is 110 Å². The molecule has 1 aliphatic carbocycles. The quantitative estimate of drug-likeness (QED) is 0.809. The Morgan fingerprint density at radius 1 is 1.39 bits per heavy atom. The minimum Gasteiger partial charge on any atom is -0.378 e. The van der Waals surface area contributed by atoms with Gasteiger partial charge in [-0.2, -0.15) is 0 Å². The smallest absolute Gasteiger partial charge is 0.228 e. The first-order valence-electron chi connectivity index (χ1n) is 7.34. The summed E-state index contributed by atoms with van der Waals surface area (Å²) in [5, 5.41) is 0. The molecule has 2 atom stereocenters. The predicted octanol–water partition coefficient (Wildman–Crippen LogP) is 1.53.